The van der Waals surface area contributed by atoms with Crippen molar-refractivity contribution in [3.05, 3.63) is 76.6 Å². The van der Waals surface area contributed by atoms with Gasteiger partial charge in [-0.1, -0.05) is 47.7 Å². The molecule has 4 aromatic rings. The van der Waals surface area contributed by atoms with E-state index in [0.717, 1.165) is 33.6 Å². The van der Waals surface area contributed by atoms with Gasteiger partial charge in [0, 0.05) is 29.7 Å². The van der Waals surface area contributed by atoms with Crippen LogP contribution in [0.5, 0.6) is 0 Å². The van der Waals surface area contributed by atoms with Gasteiger partial charge in [-0.15, -0.1) is 21.5 Å². The van der Waals surface area contributed by atoms with Gasteiger partial charge in [0.05, 0.1) is 11.4 Å². The maximum absolute atomic E-state index is 12.5. The fourth-order valence-electron chi connectivity index (χ4n) is 3.87. The van der Waals surface area contributed by atoms with Gasteiger partial charge in [0.1, 0.15) is 5.82 Å². The first kappa shape index (κ1) is 21.9. The SMILES string of the molecule is CC(=O)N(c1nc(CSc2nnc(C3CC3)n2-c2ccccc2)cs1)c1ccc(C)cc1C. The monoisotopic (exact) mass is 475 g/mol. The van der Waals surface area contributed by atoms with Crippen molar-refractivity contribution >= 4 is 39.8 Å². The van der Waals surface area contributed by atoms with E-state index in [0.29, 0.717) is 16.8 Å². The van der Waals surface area contributed by atoms with Crippen LogP contribution in [0, 0.1) is 13.8 Å². The first-order valence-electron chi connectivity index (χ1n) is 11.0. The van der Waals surface area contributed by atoms with E-state index in [-0.39, 0.29) is 5.91 Å². The highest BCUT2D eigenvalue weighted by Crippen LogP contribution is 2.41. The lowest BCUT2D eigenvalue weighted by Gasteiger charge is -2.20. The summed E-state index contributed by atoms with van der Waals surface area (Å²) in [6.07, 6.45) is 2.34. The van der Waals surface area contributed by atoms with Gasteiger partial charge in [-0.3, -0.25) is 14.3 Å². The van der Waals surface area contributed by atoms with Crippen molar-refractivity contribution in [1.29, 1.82) is 0 Å². The van der Waals surface area contributed by atoms with E-state index in [1.165, 1.54) is 29.7 Å². The summed E-state index contributed by atoms with van der Waals surface area (Å²) < 4.78 is 2.17. The molecule has 1 amide bonds. The molecule has 0 aliphatic heterocycles. The van der Waals surface area contributed by atoms with Gasteiger partial charge in [-0.2, -0.15) is 0 Å². The van der Waals surface area contributed by atoms with Crippen LogP contribution in [0.2, 0.25) is 0 Å². The van der Waals surface area contributed by atoms with E-state index >= 15 is 0 Å². The molecule has 168 valence electrons. The number of thioether (sulfide) groups is 1. The standard InChI is InChI=1S/C25H25N5OS2/c1-16-9-12-22(17(2)13-16)29(18(3)31)24-26-20(14-32-24)15-33-25-28-27-23(19-10-11-19)30(25)21-7-5-4-6-8-21/h4-9,12-14,19H,10-11,15H2,1-3H3. The van der Waals surface area contributed by atoms with Gasteiger partial charge in [0.2, 0.25) is 5.91 Å². The summed E-state index contributed by atoms with van der Waals surface area (Å²) in [5, 5.41) is 12.6. The van der Waals surface area contributed by atoms with Gasteiger partial charge >= 0.3 is 0 Å². The molecule has 1 aliphatic rings. The normalized spacial score (nSPS) is 13.3. The van der Waals surface area contributed by atoms with Crippen LogP contribution in [0.1, 0.15) is 48.3 Å². The fraction of sp³-hybridized carbons (Fsp3) is 0.280. The number of nitrogens with zero attached hydrogens (tertiary/aromatic N) is 5. The lowest BCUT2D eigenvalue weighted by Crippen LogP contribution is -2.23. The molecular formula is C25H25N5OS2. The Balaban J connectivity index is 1.38. The number of anilines is 2. The largest absolute Gasteiger partial charge is 0.274 e. The average Bonchev–Trinajstić information content (AvgIpc) is 3.39. The van der Waals surface area contributed by atoms with E-state index in [1.54, 1.807) is 23.6 Å². The maximum Gasteiger partial charge on any atom is 0.230 e. The van der Waals surface area contributed by atoms with Crippen LogP contribution in [0.3, 0.4) is 0 Å². The van der Waals surface area contributed by atoms with E-state index in [9.17, 15) is 4.79 Å². The number of carbonyl (C=O) groups excluding carboxylic acids is 1. The van der Waals surface area contributed by atoms with Crippen LogP contribution in [0.4, 0.5) is 10.8 Å². The molecule has 1 saturated carbocycles. The summed E-state index contributed by atoms with van der Waals surface area (Å²) in [5.41, 5.74) is 5.11. The third-order valence-corrected chi connectivity index (χ3v) is 7.44. The summed E-state index contributed by atoms with van der Waals surface area (Å²) in [5.74, 6) is 2.15. The van der Waals surface area contributed by atoms with Crippen molar-refractivity contribution in [3.8, 4) is 5.69 Å². The van der Waals surface area contributed by atoms with Crippen molar-refractivity contribution < 1.29 is 4.79 Å². The summed E-state index contributed by atoms with van der Waals surface area (Å²) in [4.78, 5) is 19.0. The van der Waals surface area contributed by atoms with Crippen LogP contribution >= 0.6 is 23.1 Å². The minimum atomic E-state index is -0.0478. The van der Waals surface area contributed by atoms with Crippen LogP contribution < -0.4 is 4.90 Å². The molecular weight excluding hydrogens is 450 g/mol. The fourth-order valence-corrected chi connectivity index (χ4v) is 5.70. The third-order valence-electron chi connectivity index (χ3n) is 5.60. The molecule has 2 aromatic carbocycles. The third kappa shape index (κ3) is 4.58. The van der Waals surface area contributed by atoms with E-state index < -0.39 is 0 Å². The minimum absolute atomic E-state index is 0.0478. The molecule has 5 rings (SSSR count). The molecule has 1 aliphatic carbocycles. The average molecular weight is 476 g/mol. The summed E-state index contributed by atoms with van der Waals surface area (Å²) in [6, 6.07) is 16.4. The Kier molecular flexibility index (Phi) is 6.03. The predicted molar refractivity (Wildman–Crippen MR) is 134 cm³/mol. The van der Waals surface area contributed by atoms with Crippen molar-refractivity contribution in [2.75, 3.05) is 4.90 Å². The highest BCUT2D eigenvalue weighted by atomic mass is 32.2. The molecule has 0 unspecified atom stereocenters. The van der Waals surface area contributed by atoms with Crippen molar-refractivity contribution in [3.63, 3.8) is 0 Å². The highest BCUT2D eigenvalue weighted by molar-refractivity contribution is 7.98. The second-order valence-corrected chi connectivity index (χ2v) is 10.1. The predicted octanol–water partition coefficient (Wildman–Crippen LogP) is 6.19. The molecule has 33 heavy (non-hydrogen) atoms. The number of amides is 1. The van der Waals surface area contributed by atoms with Gasteiger partial charge in [0.15, 0.2) is 10.3 Å². The molecule has 0 radical (unpaired) electrons. The van der Waals surface area contributed by atoms with Crippen molar-refractivity contribution in [2.24, 2.45) is 0 Å². The number of benzene rings is 2. The van der Waals surface area contributed by atoms with E-state index in [2.05, 4.69) is 39.9 Å². The Labute approximate surface area is 201 Å². The summed E-state index contributed by atoms with van der Waals surface area (Å²) in [7, 11) is 0. The lowest BCUT2D eigenvalue weighted by molar-refractivity contribution is -0.115. The second-order valence-electron chi connectivity index (χ2n) is 8.34. The number of aryl methyl sites for hydroxylation is 2. The van der Waals surface area contributed by atoms with Gasteiger partial charge < -0.3 is 0 Å². The molecule has 8 heteroatoms. The first-order chi connectivity index (χ1) is 16.0. The molecule has 0 saturated heterocycles. The summed E-state index contributed by atoms with van der Waals surface area (Å²) >= 11 is 3.11. The Bertz CT molecular complexity index is 1290. The first-order valence-corrected chi connectivity index (χ1v) is 12.8. The number of rotatable bonds is 7. The molecule has 2 aromatic heterocycles. The van der Waals surface area contributed by atoms with Crippen LogP contribution in [-0.2, 0) is 10.5 Å². The Hall–Kier alpha value is -2.97. The smallest absolute Gasteiger partial charge is 0.230 e. The van der Waals surface area contributed by atoms with Gasteiger partial charge in [-0.05, 0) is 50.5 Å². The van der Waals surface area contributed by atoms with E-state index in [1.807, 2.05) is 42.6 Å². The molecule has 6 nitrogen and oxygen atoms in total. The van der Waals surface area contributed by atoms with Crippen LogP contribution in [-0.4, -0.2) is 25.7 Å². The number of aromatic nitrogens is 4. The Morgan fingerprint density at radius 1 is 1.15 bits per heavy atom. The molecule has 2 heterocycles. The number of hydrogen-bond donors (Lipinski definition) is 0. The number of carbonyl (C=O) groups is 1. The topological polar surface area (TPSA) is 63.9 Å². The molecule has 0 atom stereocenters. The molecule has 1 fully saturated rings. The minimum Gasteiger partial charge on any atom is -0.274 e. The summed E-state index contributed by atoms with van der Waals surface area (Å²) in [6.45, 7) is 5.66. The quantitative estimate of drug-likeness (QED) is 0.298. The number of hydrogen-bond acceptors (Lipinski definition) is 6. The van der Waals surface area contributed by atoms with Crippen LogP contribution in [0.15, 0.2) is 59.1 Å². The number of para-hydroxylation sites is 1. The van der Waals surface area contributed by atoms with Crippen LogP contribution in [0.25, 0.3) is 5.69 Å². The number of thiazole rings is 1. The zero-order chi connectivity index (χ0) is 22.9. The second kappa shape index (κ2) is 9.11. The maximum atomic E-state index is 12.5. The Morgan fingerprint density at radius 2 is 1.94 bits per heavy atom. The Morgan fingerprint density at radius 3 is 2.64 bits per heavy atom. The van der Waals surface area contributed by atoms with Gasteiger partial charge in [-0.25, -0.2) is 4.98 Å². The van der Waals surface area contributed by atoms with Crippen molar-refractivity contribution in [2.45, 2.75) is 50.4 Å². The highest BCUT2D eigenvalue weighted by Gasteiger charge is 2.31. The molecule has 0 spiro atoms. The molecule has 0 bridgehead atoms. The van der Waals surface area contributed by atoms with E-state index in [4.69, 9.17) is 4.98 Å². The zero-order valence-corrected chi connectivity index (χ0v) is 20.5. The zero-order valence-electron chi connectivity index (χ0n) is 18.9. The molecule has 0 N–H and O–H groups in total. The van der Waals surface area contributed by atoms with Crippen molar-refractivity contribution in [1.82, 2.24) is 19.7 Å². The van der Waals surface area contributed by atoms with Gasteiger partial charge in [0.25, 0.3) is 0 Å². The lowest BCUT2D eigenvalue weighted by atomic mass is 10.1.